The van der Waals surface area contributed by atoms with Crippen LogP contribution in [0.3, 0.4) is 0 Å². The van der Waals surface area contributed by atoms with Gasteiger partial charge in [-0.15, -0.1) is 0 Å². The molecule has 3 nitrogen and oxygen atoms in total. The molecule has 0 amide bonds. The molecule has 20 heavy (non-hydrogen) atoms. The summed E-state index contributed by atoms with van der Waals surface area (Å²) >= 11 is 0. The van der Waals surface area contributed by atoms with Crippen LogP contribution in [0, 0.1) is 13.8 Å². The molecule has 0 aliphatic heterocycles. The van der Waals surface area contributed by atoms with Gasteiger partial charge < -0.3 is 9.67 Å². The number of aromatic nitrogens is 2. The van der Waals surface area contributed by atoms with E-state index in [1.807, 2.05) is 25.1 Å². The van der Waals surface area contributed by atoms with Crippen LogP contribution in [0.25, 0.3) is 22.4 Å². The number of hydrogen-bond donors (Lipinski definition) is 1. The molecule has 1 heterocycles. The highest BCUT2D eigenvalue weighted by molar-refractivity contribution is 5.82. The van der Waals surface area contributed by atoms with Crippen molar-refractivity contribution in [3.05, 3.63) is 47.5 Å². The van der Waals surface area contributed by atoms with Crippen molar-refractivity contribution in [3.63, 3.8) is 0 Å². The Morgan fingerprint density at radius 1 is 1.15 bits per heavy atom. The quantitative estimate of drug-likeness (QED) is 0.760. The molecule has 0 aliphatic carbocycles. The molecule has 102 valence electrons. The molecule has 3 rings (SSSR count). The normalized spacial score (nSPS) is 11.2. The van der Waals surface area contributed by atoms with Gasteiger partial charge in [0, 0.05) is 6.54 Å². The molecule has 1 aromatic heterocycles. The molecule has 3 heteroatoms. The predicted octanol–water partition coefficient (Wildman–Crippen LogP) is 4.05. The van der Waals surface area contributed by atoms with Gasteiger partial charge in [-0.3, -0.25) is 0 Å². The number of nitrogens with zero attached hydrogens (tertiary/aromatic N) is 2. The van der Waals surface area contributed by atoms with Crippen molar-refractivity contribution in [1.29, 1.82) is 0 Å². The Hall–Kier alpha value is -2.29. The summed E-state index contributed by atoms with van der Waals surface area (Å²) in [6.45, 7) is 6.88. The van der Waals surface area contributed by atoms with Crippen LogP contribution in [0.4, 0.5) is 0 Å². The molecule has 0 saturated heterocycles. The Labute approximate surface area is 118 Å². The van der Waals surface area contributed by atoms with Crippen LogP contribution in [-0.2, 0) is 6.54 Å². The summed E-state index contributed by atoms with van der Waals surface area (Å²) in [5.41, 5.74) is 4.93. The minimum Gasteiger partial charge on any atom is -0.507 e. The smallest absolute Gasteiger partial charge is 0.144 e. The molecule has 0 unspecified atom stereocenters. The minimum atomic E-state index is 0.314. The Balaban J connectivity index is 2.33. The molecule has 0 aliphatic rings. The second kappa shape index (κ2) is 4.67. The largest absolute Gasteiger partial charge is 0.507 e. The van der Waals surface area contributed by atoms with Crippen LogP contribution in [-0.4, -0.2) is 14.7 Å². The van der Waals surface area contributed by atoms with Gasteiger partial charge in [-0.2, -0.15) is 0 Å². The third-order valence-electron chi connectivity index (χ3n) is 3.70. The van der Waals surface area contributed by atoms with Gasteiger partial charge in [0.25, 0.3) is 0 Å². The van der Waals surface area contributed by atoms with Crippen molar-refractivity contribution in [3.8, 4) is 17.1 Å². The van der Waals surface area contributed by atoms with Gasteiger partial charge in [-0.1, -0.05) is 18.2 Å². The third kappa shape index (κ3) is 1.86. The van der Waals surface area contributed by atoms with E-state index < -0.39 is 0 Å². The Morgan fingerprint density at radius 2 is 1.95 bits per heavy atom. The van der Waals surface area contributed by atoms with E-state index in [1.54, 1.807) is 0 Å². The van der Waals surface area contributed by atoms with Crippen molar-refractivity contribution in [1.82, 2.24) is 9.55 Å². The van der Waals surface area contributed by atoms with E-state index in [9.17, 15) is 5.11 Å². The zero-order valence-corrected chi connectivity index (χ0v) is 12.0. The summed E-state index contributed by atoms with van der Waals surface area (Å²) in [7, 11) is 0. The molecular formula is C17H18N2O. The lowest BCUT2D eigenvalue weighted by Crippen LogP contribution is -1.98. The molecule has 0 spiro atoms. The number of phenolic OH excluding ortho intramolecular Hbond substituents is 1. The molecule has 0 atom stereocenters. The molecule has 1 N–H and O–H groups in total. The topological polar surface area (TPSA) is 38.0 Å². The van der Waals surface area contributed by atoms with E-state index in [0.29, 0.717) is 5.75 Å². The maximum Gasteiger partial charge on any atom is 0.144 e. The first-order chi connectivity index (χ1) is 9.61. The van der Waals surface area contributed by atoms with Gasteiger partial charge in [0.2, 0.25) is 0 Å². The molecule has 0 radical (unpaired) electrons. The fraction of sp³-hybridized carbons (Fsp3) is 0.235. The zero-order valence-electron chi connectivity index (χ0n) is 12.0. The van der Waals surface area contributed by atoms with Gasteiger partial charge in [0.05, 0.1) is 16.6 Å². The summed E-state index contributed by atoms with van der Waals surface area (Å²) in [5.74, 6) is 1.14. The maximum absolute atomic E-state index is 10.3. The molecule has 2 aromatic carbocycles. The fourth-order valence-electron chi connectivity index (χ4n) is 2.60. The zero-order chi connectivity index (χ0) is 14.3. The van der Waals surface area contributed by atoms with Crippen LogP contribution >= 0.6 is 0 Å². The number of aryl methyl sites for hydroxylation is 3. The summed E-state index contributed by atoms with van der Waals surface area (Å²) in [6, 6.07) is 12.0. The lowest BCUT2D eigenvalue weighted by Gasteiger charge is -2.09. The number of rotatable bonds is 2. The van der Waals surface area contributed by atoms with Gasteiger partial charge in [0.15, 0.2) is 0 Å². The predicted molar refractivity (Wildman–Crippen MR) is 82.0 cm³/mol. The first-order valence-corrected chi connectivity index (χ1v) is 6.87. The third-order valence-corrected chi connectivity index (χ3v) is 3.70. The van der Waals surface area contributed by atoms with Gasteiger partial charge >= 0.3 is 0 Å². The number of phenols is 1. The van der Waals surface area contributed by atoms with Gasteiger partial charge in [-0.25, -0.2) is 4.98 Å². The monoisotopic (exact) mass is 266 g/mol. The molecule has 0 bridgehead atoms. The first kappa shape index (κ1) is 12.7. The van der Waals surface area contributed by atoms with E-state index in [-0.39, 0.29) is 0 Å². The lowest BCUT2D eigenvalue weighted by molar-refractivity contribution is 0.472. The van der Waals surface area contributed by atoms with Crippen LogP contribution in [0.5, 0.6) is 5.75 Å². The van der Waals surface area contributed by atoms with Crippen LogP contribution < -0.4 is 0 Å². The van der Waals surface area contributed by atoms with Crippen molar-refractivity contribution in [2.24, 2.45) is 0 Å². The Kier molecular flexibility index (Phi) is 2.97. The molecular weight excluding hydrogens is 248 g/mol. The second-order valence-electron chi connectivity index (χ2n) is 5.14. The standard InChI is InChI=1S/C17H18N2O/c1-4-19-15-9-8-11(2)10-14(15)18-17(19)13-7-5-6-12(3)16(13)20/h5-10,20H,4H2,1-3H3. The maximum atomic E-state index is 10.3. The first-order valence-electron chi connectivity index (χ1n) is 6.87. The number of benzene rings is 2. The van der Waals surface area contributed by atoms with E-state index in [1.165, 1.54) is 5.56 Å². The van der Waals surface area contributed by atoms with Crippen molar-refractivity contribution < 1.29 is 5.11 Å². The van der Waals surface area contributed by atoms with Crippen LogP contribution in [0.1, 0.15) is 18.1 Å². The summed E-state index contributed by atoms with van der Waals surface area (Å²) in [5, 5.41) is 10.3. The number of aromatic hydroxyl groups is 1. The molecule has 0 saturated carbocycles. The number of fused-ring (bicyclic) bond motifs is 1. The summed E-state index contributed by atoms with van der Waals surface area (Å²) in [6.07, 6.45) is 0. The lowest BCUT2D eigenvalue weighted by atomic mass is 10.1. The highest BCUT2D eigenvalue weighted by Crippen LogP contribution is 2.33. The van der Waals surface area contributed by atoms with Gasteiger partial charge in [-0.05, 0) is 50.1 Å². The average Bonchev–Trinajstić information content (AvgIpc) is 2.79. The highest BCUT2D eigenvalue weighted by atomic mass is 16.3. The number of para-hydroxylation sites is 1. The van der Waals surface area contributed by atoms with E-state index in [2.05, 4.69) is 36.6 Å². The van der Waals surface area contributed by atoms with Crippen molar-refractivity contribution in [2.75, 3.05) is 0 Å². The Bertz CT molecular complexity index is 787. The van der Waals surface area contributed by atoms with E-state index >= 15 is 0 Å². The highest BCUT2D eigenvalue weighted by Gasteiger charge is 2.15. The molecule has 3 aromatic rings. The van der Waals surface area contributed by atoms with Gasteiger partial charge in [0.1, 0.15) is 11.6 Å². The van der Waals surface area contributed by atoms with Crippen molar-refractivity contribution >= 4 is 11.0 Å². The van der Waals surface area contributed by atoms with E-state index in [4.69, 9.17) is 4.98 Å². The summed E-state index contributed by atoms with van der Waals surface area (Å²) in [4.78, 5) is 4.72. The average molecular weight is 266 g/mol. The van der Waals surface area contributed by atoms with E-state index in [0.717, 1.165) is 34.5 Å². The number of hydrogen-bond acceptors (Lipinski definition) is 2. The second-order valence-corrected chi connectivity index (χ2v) is 5.14. The molecule has 0 fully saturated rings. The minimum absolute atomic E-state index is 0.314. The fourth-order valence-corrected chi connectivity index (χ4v) is 2.60. The van der Waals surface area contributed by atoms with Crippen molar-refractivity contribution in [2.45, 2.75) is 27.3 Å². The SMILES string of the molecule is CCn1c(-c2cccc(C)c2O)nc2cc(C)ccc21. The van der Waals surface area contributed by atoms with Crippen LogP contribution in [0.2, 0.25) is 0 Å². The Morgan fingerprint density at radius 3 is 2.70 bits per heavy atom. The number of imidazole rings is 1. The van der Waals surface area contributed by atoms with Crippen LogP contribution in [0.15, 0.2) is 36.4 Å². The summed E-state index contributed by atoms with van der Waals surface area (Å²) < 4.78 is 2.14.